The molecule has 0 heterocycles. The van der Waals surface area contributed by atoms with Gasteiger partial charge in [0.05, 0.1) is 12.2 Å². The summed E-state index contributed by atoms with van der Waals surface area (Å²) < 4.78 is 4.85. The van der Waals surface area contributed by atoms with Crippen molar-refractivity contribution in [1.82, 2.24) is 10.6 Å². The molecule has 0 saturated heterocycles. The van der Waals surface area contributed by atoms with Gasteiger partial charge in [-0.2, -0.15) is 0 Å². The Kier molecular flexibility index (Phi) is 7.25. The zero-order valence-electron chi connectivity index (χ0n) is 12.7. The number of ether oxygens (including phenoxy) is 1. The Bertz CT molecular complexity index is 477. The smallest absolute Gasteiger partial charge is 0.254 e. The Morgan fingerprint density at radius 1 is 1.29 bits per heavy atom. The van der Waals surface area contributed by atoms with Gasteiger partial charge >= 0.3 is 0 Å². The van der Waals surface area contributed by atoms with E-state index in [9.17, 15) is 9.59 Å². The minimum atomic E-state index is -0.607. The lowest BCUT2D eigenvalue weighted by atomic mass is 10.1. The Morgan fingerprint density at radius 2 is 2.00 bits per heavy atom. The molecule has 3 N–H and O–H groups in total. The summed E-state index contributed by atoms with van der Waals surface area (Å²) in [7, 11) is 1.56. The molecule has 1 rings (SSSR count). The topological polar surface area (TPSA) is 79.5 Å². The standard InChI is InChI=1S/C15H23N3O3/c1-4-16-13-8-6-5-7-12(13)15(20)18-11(2)14(19)17-9-10-21-3/h5-8,11,16H,4,9-10H2,1-3H3,(H,17,19)(H,18,20). The fourth-order valence-electron chi connectivity index (χ4n) is 1.80. The zero-order valence-corrected chi connectivity index (χ0v) is 12.7. The molecule has 116 valence electrons. The first-order valence-electron chi connectivity index (χ1n) is 7.00. The number of hydrogen-bond donors (Lipinski definition) is 3. The molecule has 0 aliphatic heterocycles. The number of carbonyl (C=O) groups is 2. The van der Waals surface area contributed by atoms with Crippen LogP contribution in [0.5, 0.6) is 0 Å². The van der Waals surface area contributed by atoms with Gasteiger partial charge in [0.25, 0.3) is 5.91 Å². The van der Waals surface area contributed by atoms with Gasteiger partial charge in [-0.1, -0.05) is 12.1 Å². The van der Waals surface area contributed by atoms with Crippen LogP contribution in [0.2, 0.25) is 0 Å². The van der Waals surface area contributed by atoms with Crippen molar-refractivity contribution in [1.29, 1.82) is 0 Å². The van der Waals surface area contributed by atoms with Gasteiger partial charge in [-0.05, 0) is 26.0 Å². The van der Waals surface area contributed by atoms with E-state index in [2.05, 4.69) is 16.0 Å². The first kappa shape index (κ1) is 17.0. The van der Waals surface area contributed by atoms with E-state index < -0.39 is 6.04 Å². The number of hydrogen-bond acceptors (Lipinski definition) is 4. The summed E-state index contributed by atoms with van der Waals surface area (Å²) in [5.74, 6) is -0.512. The zero-order chi connectivity index (χ0) is 15.7. The molecule has 0 spiro atoms. The van der Waals surface area contributed by atoms with Crippen molar-refractivity contribution in [3.8, 4) is 0 Å². The number of carbonyl (C=O) groups excluding carboxylic acids is 2. The van der Waals surface area contributed by atoms with Crippen molar-refractivity contribution in [2.45, 2.75) is 19.9 Å². The molecule has 6 heteroatoms. The van der Waals surface area contributed by atoms with E-state index in [0.29, 0.717) is 18.7 Å². The van der Waals surface area contributed by atoms with Crippen LogP contribution in [0.15, 0.2) is 24.3 Å². The van der Waals surface area contributed by atoms with Gasteiger partial charge in [-0.15, -0.1) is 0 Å². The van der Waals surface area contributed by atoms with E-state index in [4.69, 9.17) is 4.74 Å². The summed E-state index contributed by atoms with van der Waals surface area (Å²) in [5.41, 5.74) is 1.28. The molecule has 0 radical (unpaired) electrons. The van der Waals surface area contributed by atoms with Crippen molar-refractivity contribution >= 4 is 17.5 Å². The molecule has 0 aliphatic carbocycles. The monoisotopic (exact) mass is 293 g/mol. The second-order valence-electron chi connectivity index (χ2n) is 4.55. The molecule has 0 saturated carbocycles. The fraction of sp³-hybridized carbons (Fsp3) is 0.467. The van der Waals surface area contributed by atoms with E-state index in [1.165, 1.54) is 0 Å². The molecular formula is C15H23N3O3. The minimum Gasteiger partial charge on any atom is -0.385 e. The summed E-state index contributed by atoms with van der Waals surface area (Å²) in [6, 6.07) is 6.60. The summed E-state index contributed by atoms with van der Waals surface area (Å²) in [5, 5.41) is 8.50. The third-order valence-electron chi connectivity index (χ3n) is 2.89. The summed E-state index contributed by atoms with van der Waals surface area (Å²) in [6.07, 6.45) is 0. The van der Waals surface area contributed by atoms with Crippen LogP contribution in [0, 0.1) is 0 Å². The van der Waals surface area contributed by atoms with Gasteiger partial charge in [0.15, 0.2) is 0 Å². The largest absolute Gasteiger partial charge is 0.385 e. The Balaban J connectivity index is 2.62. The third-order valence-corrected chi connectivity index (χ3v) is 2.89. The molecule has 21 heavy (non-hydrogen) atoms. The number of anilines is 1. The van der Waals surface area contributed by atoms with Crippen LogP contribution in [0.4, 0.5) is 5.69 Å². The maximum Gasteiger partial charge on any atom is 0.254 e. The molecule has 1 atom stereocenters. The van der Waals surface area contributed by atoms with E-state index in [-0.39, 0.29) is 11.8 Å². The van der Waals surface area contributed by atoms with Gasteiger partial charge in [0.1, 0.15) is 6.04 Å². The van der Waals surface area contributed by atoms with Crippen LogP contribution in [-0.4, -0.2) is 44.7 Å². The Labute approximate surface area is 125 Å². The predicted molar refractivity (Wildman–Crippen MR) is 82.4 cm³/mol. The summed E-state index contributed by atoms with van der Waals surface area (Å²) in [6.45, 7) is 5.19. The predicted octanol–water partition coefficient (Wildman–Crippen LogP) is 0.999. The van der Waals surface area contributed by atoms with E-state index in [1.807, 2.05) is 19.1 Å². The van der Waals surface area contributed by atoms with Crippen LogP contribution in [0.3, 0.4) is 0 Å². The van der Waals surface area contributed by atoms with Crippen molar-refractivity contribution in [3.63, 3.8) is 0 Å². The number of nitrogens with one attached hydrogen (secondary N) is 3. The van der Waals surface area contributed by atoms with Crippen molar-refractivity contribution in [3.05, 3.63) is 29.8 Å². The number of amides is 2. The fourth-order valence-corrected chi connectivity index (χ4v) is 1.80. The molecular weight excluding hydrogens is 270 g/mol. The molecule has 0 bridgehead atoms. The average molecular weight is 293 g/mol. The highest BCUT2D eigenvalue weighted by Gasteiger charge is 2.17. The number of rotatable bonds is 8. The lowest BCUT2D eigenvalue weighted by Gasteiger charge is -2.16. The van der Waals surface area contributed by atoms with Crippen LogP contribution in [0.1, 0.15) is 24.2 Å². The molecule has 1 aromatic rings. The second kappa shape index (κ2) is 8.97. The molecule has 0 aliphatic rings. The van der Waals surface area contributed by atoms with Crippen LogP contribution in [-0.2, 0) is 9.53 Å². The van der Waals surface area contributed by atoms with Crippen LogP contribution < -0.4 is 16.0 Å². The maximum atomic E-state index is 12.2. The Hall–Kier alpha value is -2.08. The molecule has 0 aromatic heterocycles. The van der Waals surface area contributed by atoms with E-state index in [0.717, 1.165) is 12.2 Å². The van der Waals surface area contributed by atoms with E-state index in [1.54, 1.807) is 26.2 Å². The highest BCUT2D eigenvalue weighted by atomic mass is 16.5. The molecule has 1 aromatic carbocycles. The highest BCUT2D eigenvalue weighted by Crippen LogP contribution is 2.14. The summed E-state index contributed by atoms with van der Waals surface area (Å²) >= 11 is 0. The highest BCUT2D eigenvalue weighted by molar-refractivity contribution is 6.01. The number of methoxy groups -OCH3 is 1. The lowest BCUT2D eigenvalue weighted by molar-refractivity contribution is -0.122. The SMILES string of the molecule is CCNc1ccccc1C(=O)NC(C)C(=O)NCCOC. The van der Waals surface area contributed by atoms with Crippen molar-refractivity contribution in [2.24, 2.45) is 0 Å². The van der Waals surface area contributed by atoms with E-state index >= 15 is 0 Å². The normalized spacial score (nSPS) is 11.6. The molecule has 0 fully saturated rings. The van der Waals surface area contributed by atoms with Crippen LogP contribution >= 0.6 is 0 Å². The lowest BCUT2D eigenvalue weighted by Crippen LogP contribution is -2.45. The first-order chi connectivity index (χ1) is 10.1. The number of para-hydroxylation sites is 1. The first-order valence-corrected chi connectivity index (χ1v) is 7.00. The molecule has 2 amide bonds. The van der Waals surface area contributed by atoms with Gasteiger partial charge in [0, 0.05) is 25.9 Å². The maximum absolute atomic E-state index is 12.2. The van der Waals surface area contributed by atoms with Crippen molar-refractivity contribution in [2.75, 3.05) is 32.1 Å². The quantitative estimate of drug-likeness (QED) is 0.625. The third kappa shape index (κ3) is 5.43. The van der Waals surface area contributed by atoms with Crippen LogP contribution in [0.25, 0.3) is 0 Å². The minimum absolute atomic E-state index is 0.235. The Morgan fingerprint density at radius 3 is 2.67 bits per heavy atom. The molecule has 6 nitrogen and oxygen atoms in total. The summed E-state index contributed by atoms with van der Waals surface area (Å²) in [4.78, 5) is 24.0. The van der Waals surface area contributed by atoms with Gasteiger partial charge < -0.3 is 20.7 Å². The van der Waals surface area contributed by atoms with Gasteiger partial charge in [-0.3, -0.25) is 9.59 Å². The van der Waals surface area contributed by atoms with Crippen molar-refractivity contribution < 1.29 is 14.3 Å². The van der Waals surface area contributed by atoms with Gasteiger partial charge in [-0.25, -0.2) is 0 Å². The second-order valence-corrected chi connectivity index (χ2v) is 4.55. The average Bonchev–Trinajstić information content (AvgIpc) is 2.48. The van der Waals surface area contributed by atoms with Gasteiger partial charge in [0.2, 0.25) is 5.91 Å². The molecule has 1 unspecified atom stereocenters. The number of benzene rings is 1.